The van der Waals surface area contributed by atoms with E-state index in [2.05, 4.69) is 15.6 Å². The number of hydrogen-bond acceptors (Lipinski definition) is 4. The van der Waals surface area contributed by atoms with Crippen molar-refractivity contribution >= 4 is 51.5 Å². The number of nitrogens with one attached hydrogen (secondary N) is 2. The fraction of sp³-hybridized carbons (Fsp3) is 0.105. The van der Waals surface area contributed by atoms with Crippen LogP contribution in [0.1, 0.15) is 22.8 Å². The molecule has 0 bridgehead atoms. The maximum Gasteiger partial charge on any atom is 0.259 e. The lowest BCUT2D eigenvalue weighted by molar-refractivity contribution is -0.119. The number of carbonyl (C=O) groups excluding carboxylic acids is 2. The Kier molecular flexibility index (Phi) is 6.28. The first-order valence-electron chi connectivity index (χ1n) is 8.08. The van der Waals surface area contributed by atoms with Crippen molar-refractivity contribution in [2.75, 3.05) is 5.32 Å². The Hall–Kier alpha value is -2.48. The second-order valence-corrected chi connectivity index (χ2v) is 7.52. The number of carbonyl (C=O) groups is 2. The van der Waals surface area contributed by atoms with Gasteiger partial charge in [0.15, 0.2) is 5.13 Å². The van der Waals surface area contributed by atoms with E-state index in [1.807, 2.05) is 24.3 Å². The highest BCUT2D eigenvalue weighted by molar-refractivity contribution is 7.14. The summed E-state index contributed by atoms with van der Waals surface area (Å²) in [4.78, 5) is 27.7. The predicted molar refractivity (Wildman–Crippen MR) is 109 cm³/mol. The molecule has 28 heavy (non-hydrogen) atoms. The molecule has 0 fully saturated rings. The summed E-state index contributed by atoms with van der Waals surface area (Å²) in [7, 11) is 0. The topological polar surface area (TPSA) is 71.1 Å². The molecule has 0 saturated heterocycles. The molecule has 0 atom stereocenters. The number of aromatic nitrogens is 1. The second-order valence-electron chi connectivity index (χ2n) is 5.84. The lowest BCUT2D eigenvalue weighted by Crippen LogP contribution is -2.18. The SMILES string of the molecule is CC(=O)NCc1ccc(-c2csc(NC(=O)c3cc(F)c(Cl)cc3Cl)n2)cc1. The lowest BCUT2D eigenvalue weighted by Gasteiger charge is -2.05. The van der Waals surface area contributed by atoms with E-state index in [1.165, 1.54) is 24.3 Å². The van der Waals surface area contributed by atoms with E-state index in [4.69, 9.17) is 23.2 Å². The van der Waals surface area contributed by atoms with E-state index in [9.17, 15) is 14.0 Å². The van der Waals surface area contributed by atoms with Crippen molar-refractivity contribution in [2.24, 2.45) is 0 Å². The van der Waals surface area contributed by atoms with Crippen LogP contribution in [-0.4, -0.2) is 16.8 Å². The molecule has 2 aromatic carbocycles. The van der Waals surface area contributed by atoms with Crippen molar-refractivity contribution in [2.45, 2.75) is 13.5 Å². The van der Waals surface area contributed by atoms with Crippen LogP contribution in [0.5, 0.6) is 0 Å². The zero-order valence-corrected chi connectivity index (χ0v) is 16.9. The summed E-state index contributed by atoms with van der Waals surface area (Å²) in [6, 6.07) is 9.70. The van der Waals surface area contributed by atoms with Crippen LogP contribution in [0.2, 0.25) is 10.0 Å². The fourth-order valence-corrected chi connectivity index (χ4v) is 3.53. The van der Waals surface area contributed by atoms with Crippen molar-refractivity contribution in [1.29, 1.82) is 0 Å². The van der Waals surface area contributed by atoms with E-state index in [-0.39, 0.29) is 21.5 Å². The molecular weight excluding hydrogens is 424 g/mol. The molecule has 0 aliphatic heterocycles. The number of halogens is 3. The van der Waals surface area contributed by atoms with Gasteiger partial charge in [0.1, 0.15) is 5.82 Å². The minimum atomic E-state index is -0.726. The van der Waals surface area contributed by atoms with Gasteiger partial charge in [0, 0.05) is 24.4 Å². The highest BCUT2D eigenvalue weighted by Crippen LogP contribution is 2.28. The molecule has 3 rings (SSSR count). The summed E-state index contributed by atoms with van der Waals surface area (Å²) in [5, 5.41) is 7.38. The molecule has 1 heterocycles. The van der Waals surface area contributed by atoms with Crippen molar-refractivity contribution in [1.82, 2.24) is 10.3 Å². The molecule has 9 heteroatoms. The van der Waals surface area contributed by atoms with Crippen molar-refractivity contribution in [3.63, 3.8) is 0 Å². The van der Waals surface area contributed by atoms with Gasteiger partial charge in [-0.3, -0.25) is 14.9 Å². The van der Waals surface area contributed by atoms with E-state index in [1.54, 1.807) is 5.38 Å². The van der Waals surface area contributed by atoms with Crippen molar-refractivity contribution in [3.05, 3.63) is 68.8 Å². The van der Waals surface area contributed by atoms with Crippen LogP contribution in [0.4, 0.5) is 9.52 Å². The molecule has 1 aromatic heterocycles. The van der Waals surface area contributed by atoms with E-state index in [0.717, 1.165) is 17.2 Å². The molecule has 5 nitrogen and oxygen atoms in total. The molecule has 3 aromatic rings. The van der Waals surface area contributed by atoms with Crippen LogP contribution in [0.3, 0.4) is 0 Å². The molecule has 0 radical (unpaired) electrons. The van der Waals surface area contributed by atoms with E-state index >= 15 is 0 Å². The average Bonchev–Trinajstić information content (AvgIpc) is 3.11. The standard InChI is InChI=1S/C19H14Cl2FN3O2S/c1-10(26)23-8-11-2-4-12(5-3-11)17-9-28-19(24-17)25-18(27)13-6-16(22)15(21)7-14(13)20/h2-7,9H,8H2,1H3,(H,23,26)(H,24,25,27). The smallest absolute Gasteiger partial charge is 0.259 e. The van der Waals surface area contributed by atoms with Crippen LogP contribution in [0, 0.1) is 5.82 Å². The summed E-state index contributed by atoms with van der Waals surface area (Å²) in [6.07, 6.45) is 0. The highest BCUT2D eigenvalue weighted by Gasteiger charge is 2.16. The molecule has 0 saturated carbocycles. The predicted octanol–water partition coefficient (Wildman–Crippen LogP) is 5.14. The number of anilines is 1. The lowest BCUT2D eigenvalue weighted by atomic mass is 10.1. The maximum atomic E-state index is 13.6. The molecule has 2 amide bonds. The molecule has 2 N–H and O–H groups in total. The Morgan fingerprint density at radius 3 is 2.54 bits per heavy atom. The summed E-state index contributed by atoms with van der Waals surface area (Å²) in [5.74, 6) is -1.40. The monoisotopic (exact) mass is 437 g/mol. The number of benzene rings is 2. The molecule has 0 unspecified atom stereocenters. The average molecular weight is 438 g/mol. The third-order valence-corrected chi connectivity index (χ3v) is 5.13. The van der Waals surface area contributed by atoms with Gasteiger partial charge in [-0.05, 0) is 17.7 Å². The van der Waals surface area contributed by atoms with E-state index in [0.29, 0.717) is 17.4 Å². The number of thiazole rings is 1. The molecule has 0 aliphatic carbocycles. The molecule has 144 valence electrons. The number of hydrogen-bond donors (Lipinski definition) is 2. The van der Waals surface area contributed by atoms with Gasteiger partial charge >= 0.3 is 0 Å². The Morgan fingerprint density at radius 2 is 1.86 bits per heavy atom. The van der Waals surface area contributed by atoms with Gasteiger partial charge in [-0.25, -0.2) is 9.37 Å². The maximum absolute atomic E-state index is 13.6. The second kappa shape index (κ2) is 8.68. The summed E-state index contributed by atoms with van der Waals surface area (Å²) in [6.45, 7) is 1.91. The molecule has 0 spiro atoms. The highest BCUT2D eigenvalue weighted by atomic mass is 35.5. The molecule has 0 aliphatic rings. The zero-order chi connectivity index (χ0) is 20.3. The van der Waals surface area contributed by atoms with Crippen molar-refractivity contribution < 1.29 is 14.0 Å². The third-order valence-electron chi connectivity index (χ3n) is 3.77. The van der Waals surface area contributed by atoms with Gasteiger partial charge in [0.05, 0.1) is 21.3 Å². The van der Waals surface area contributed by atoms with Gasteiger partial charge in [-0.15, -0.1) is 11.3 Å². The van der Waals surface area contributed by atoms with Crippen molar-refractivity contribution in [3.8, 4) is 11.3 Å². The van der Waals surface area contributed by atoms with Gasteiger partial charge in [0.25, 0.3) is 5.91 Å². The number of nitrogens with zero attached hydrogens (tertiary/aromatic N) is 1. The first-order chi connectivity index (χ1) is 13.3. The first-order valence-corrected chi connectivity index (χ1v) is 9.72. The normalized spacial score (nSPS) is 10.6. The Balaban J connectivity index is 1.71. The van der Waals surface area contributed by atoms with Crippen LogP contribution >= 0.6 is 34.5 Å². The Morgan fingerprint density at radius 1 is 1.14 bits per heavy atom. The molecular formula is C19H14Cl2FN3O2S. The van der Waals surface area contributed by atoms with Gasteiger partial charge in [-0.2, -0.15) is 0 Å². The van der Waals surface area contributed by atoms with Gasteiger partial charge < -0.3 is 5.32 Å². The Labute approximate surface area is 174 Å². The number of rotatable bonds is 5. The minimum Gasteiger partial charge on any atom is -0.352 e. The van der Waals surface area contributed by atoms with Crippen LogP contribution < -0.4 is 10.6 Å². The van der Waals surface area contributed by atoms with Crippen LogP contribution in [0.25, 0.3) is 11.3 Å². The number of amides is 2. The van der Waals surface area contributed by atoms with Gasteiger partial charge in [-0.1, -0.05) is 47.5 Å². The Bertz CT molecular complexity index is 1040. The summed E-state index contributed by atoms with van der Waals surface area (Å²) >= 11 is 12.9. The third kappa shape index (κ3) is 4.86. The minimum absolute atomic E-state index is 0.0253. The quantitative estimate of drug-likeness (QED) is 0.542. The fourth-order valence-electron chi connectivity index (χ4n) is 2.34. The summed E-state index contributed by atoms with van der Waals surface area (Å²) < 4.78 is 13.6. The van der Waals surface area contributed by atoms with Gasteiger partial charge in [0.2, 0.25) is 5.91 Å². The zero-order valence-electron chi connectivity index (χ0n) is 14.6. The van der Waals surface area contributed by atoms with E-state index < -0.39 is 11.7 Å². The largest absolute Gasteiger partial charge is 0.352 e. The first kappa shape index (κ1) is 20.3. The van der Waals surface area contributed by atoms with Crippen LogP contribution in [0.15, 0.2) is 41.8 Å². The summed E-state index contributed by atoms with van der Waals surface area (Å²) in [5.41, 5.74) is 2.48. The van der Waals surface area contributed by atoms with Crippen LogP contribution in [-0.2, 0) is 11.3 Å².